The smallest absolute Gasteiger partial charge is 0.274 e. The van der Waals surface area contributed by atoms with Crippen molar-refractivity contribution in [3.63, 3.8) is 0 Å². The molecular weight excluding hydrogens is 395 g/mol. The van der Waals surface area contributed by atoms with E-state index in [1.807, 2.05) is 0 Å². The number of halogens is 1. The Balaban J connectivity index is 1.75. The van der Waals surface area contributed by atoms with Gasteiger partial charge in [0.25, 0.3) is 11.6 Å². The molecule has 9 nitrogen and oxygen atoms in total. The molecule has 150 valence electrons. The van der Waals surface area contributed by atoms with Gasteiger partial charge >= 0.3 is 0 Å². The average Bonchev–Trinajstić information content (AvgIpc) is 3.21. The van der Waals surface area contributed by atoms with Crippen molar-refractivity contribution in [3.8, 4) is 23.1 Å². The third-order valence-electron chi connectivity index (χ3n) is 3.99. The maximum Gasteiger partial charge on any atom is 0.274 e. The lowest BCUT2D eigenvalue weighted by atomic mass is 10.1. The van der Waals surface area contributed by atoms with Crippen LogP contribution in [0.5, 0.6) is 5.75 Å². The number of benzene rings is 2. The SMILES string of the molecule is COc1ccc([N+](=O)[O-])cc1-c1ccc(C=NNC(=O)c2ccc(C#N)cc2F)o1. The second-order valence-corrected chi connectivity index (χ2v) is 5.85. The van der Waals surface area contributed by atoms with E-state index < -0.39 is 16.6 Å². The largest absolute Gasteiger partial charge is 0.496 e. The van der Waals surface area contributed by atoms with Gasteiger partial charge in [-0.25, -0.2) is 9.82 Å². The van der Waals surface area contributed by atoms with Gasteiger partial charge in [-0.15, -0.1) is 0 Å². The maximum atomic E-state index is 13.8. The fourth-order valence-electron chi connectivity index (χ4n) is 2.55. The molecule has 3 aromatic rings. The highest BCUT2D eigenvalue weighted by atomic mass is 19.1. The number of furan rings is 1. The maximum absolute atomic E-state index is 13.8. The van der Waals surface area contributed by atoms with Crippen LogP contribution in [0, 0.1) is 27.3 Å². The standard InChI is InChI=1S/C20H13FN4O5/c1-29-18-6-3-13(25(27)28)9-16(18)19-7-4-14(30-19)11-23-24-20(26)15-5-2-12(10-22)8-17(15)21/h2-9,11H,1H3,(H,24,26). The number of nitro groups is 1. The number of rotatable bonds is 6. The molecule has 1 aromatic heterocycles. The van der Waals surface area contributed by atoms with Crippen molar-refractivity contribution < 1.29 is 23.3 Å². The number of nitriles is 1. The number of carbonyl (C=O) groups excluding carboxylic acids is 1. The summed E-state index contributed by atoms with van der Waals surface area (Å²) in [6.07, 6.45) is 1.19. The van der Waals surface area contributed by atoms with Crippen LogP contribution in [0.15, 0.2) is 58.0 Å². The number of amides is 1. The zero-order valence-electron chi connectivity index (χ0n) is 15.5. The van der Waals surface area contributed by atoms with Gasteiger partial charge in [-0.3, -0.25) is 14.9 Å². The number of methoxy groups -OCH3 is 1. The van der Waals surface area contributed by atoms with Crippen LogP contribution < -0.4 is 10.2 Å². The second-order valence-electron chi connectivity index (χ2n) is 5.85. The lowest BCUT2D eigenvalue weighted by molar-refractivity contribution is -0.384. The van der Waals surface area contributed by atoms with Crippen molar-refractivity contribution in [1.29, 1.82) is 5.26 Å². The van der Waals surface area contributed by atoms with Crippen LogP contribution in [-0.4, -0.2) is 24.2 Å². The Labute approximate surface area is 169 Å². The average molecular weight is 408 g/mol. The fraction of sp³-hybridized carbons (Fsp3) is 0.0500. The van der Waals surface area contributed by atoms with Crippen LogP contribution in [-0.2, 0) is 0 Å². The molecule has 0 saturated carbocycles. The normalized spacial score (nSPS) is 10.6. The summed E-state index contributed by atoms with van der Waals surface area (Å²) in [5, 5.41) is 23.4. The minimum atomic E-state index is -0.847. The van der Waals surface area contributed by atoms with Crippen molar-refractivity contribution in [2.45, 2.75) is 0 Å². The molecule has 0 radical (unpaired) electrons. The lowest BCUT2D eigenvalue weighted by Gasteiger charge is -2.05. The first-order valence-electron chi connectivity index (χ1n) is 8.38. The molecule has 1 heterocycles. The van der Waals surface area contributed by atoms with E-state index in [2.05, 4.69) is 10.5 Å². The molecule has 0 fully saturated rings. The van der Waals surface area contributed by atoms with Gasteiger partial charge in [-0.1, -0.05) is 0 Å². The van der Waals surface area contributed by atoms with Gasteiger partial charge in [0.2, 0.25) is 0 Å². The monoisotopic (exact) mass is 408 g/mol. The van der Waals surface area contributed by atoms with Crippen LogP contribution >= 0.6 is 0 Å². The summed E-state index contributed by atoms with van der Waals surface area (Å²) in [4.78, 5) is 22.5. The Bertz CT molecular complexity index is 1200. The van der Waals surface area contributed by atoms with E-state index in [1.165, 1.54) is 49.7 Å². The van der Waals surface area contributed by atoms with Gasteiger partial charge < -0.3 is 9.15 Å². The number of nitrogens with one attached hydrogen (secondary N) is 1. The molecule has 3 rings (SSSR count). The molecule has 1 N–H and O–H groups in total. The summed E-state index contributed by atoms with van der Waals surface area (Å²) in [7, 11) is 1.42. The number of carbonyl (C=O) groups is 1. The van der Waals surface area contributed by atoms with Gasteiger partial charge in [0.1, 0.15) is 23.1 Å². The summed E-state index contributed by atoms with van der Waals surface area (Å²) < 4.78 is 24.6. The van der Waals surface area contributed by atoms with Gasteiger partial charge in [-0.2, -0.15) is 10.4 Å². The minimum Gasteiger partial charge on any atom is -0.496 e. The Morgan fingerprint density at radius 3 is 2.77 bits per heavy atom. The van der Waals surface area contributed by atoms with E-state index in [-0.39, 0.29) is 22.6 Å². The second kappa shape index (κ2) is 8.66. The highest BCUT2D eigenvalue weighted by molar-refractivity contribution is 5.95. The van der Waals surface area contributed by atoms with Crippen LogP contribution in [0.2, 0.25) is 0 Å². The van der Waals surface area contributed by atoms with Crippen LogP contribution in [0.4, 0.5) is 10.1 Å². The zero-order chi connectivity index (χ0) is 21.7. The number of hydrazone groups is 1. The topological polar surface area (TPSA) is 131 Å². The summed E-state index contributed by atoms with van der Waals surface area (Å²) in [6.45, 7) is 0. The number of ether oxygens (including phenoxy) is 1. The Morgan fingerprint density at radius 2 is 2.10 bits per heavy atom. The highest BCUT2D eigenvalue weighted by Gasteiger charge is 2.16. The van der Waals surface area contributed by atoms with Gasteiger partial charge in [-0.05, 0) is 36.4 Å². The summed E-state index contributed by atoms with van der Waals surface area (Å²) >= 11 is 0. The molecule has 0 saturated heterocycles. The van der Waals surface area contributed by atoms with E-state index >= 15 is 0 Å². The van der Waals surface area contributed by atoms with Gasteiger partial charge in [0, 0.05) is 12.1 Å². The molecule has 0 aliphatic rings. The predicted molar refractivity (Wildman–Crippen MR) is 104 cm³/mol. The Kier molecular flexibility index (Phi) is 5.84. The first kappa shape index (κ1) is 20.2. The third kappa shape index (κ3) is 4.31. The number of hydrogen-bond acceptors (Lipinski definition) is 7. The molecule has 0 atom stereocenters. The quantitative estimate of drug-likeness (QED) is 0.376. The molecule has 0 spiro atoms. The van der Waals surface area contributed by atoms with E-state index in [4.69, 9.17) is 14.4 Å². The van der Waals surface area contributed by atoms with Crippen molar-refractivity contribution in [1.82, 2.24) is 5.43 Å². The zero-order valence-corrected chi connectivity index (χ0v) is 15.5. The molecule has 10 heteroatoms. The Hall–Kier alpha value is -4.52. The molecule has 0 aliphatic carbocycles. The van der Waals surface area contributed by atoms with E-state index in [0.717, 1.165) is 6.07 Å². The molecule has 0 aliphatic heterocycles. The van der Waals surface area contributed by atoms with Crippen molar-refractivity contribution >= 4 is 17.8 Å². The van der Waals surface area contributed by atoms with Crippen LogP contribution in [0.1, 0.15) is 21.7 Å². The lowest BCUT2D eigenvalue weighted by Crippen LogP contribution is -2.19. The van der Waals surface area contributed by atoms with Crippen molar-refractivity contribution in [2.24, 2.45) is 5.10 Å². The van der Waals surface area contributed by atoms with Crippen LogP contribution in [0.25, 0.3) is 11.3 Å². The molecule has 1 amide bonds. The highest BCUT2D eigenvalue weighted by Crippen LogP contribution is 2.34. The fourth-order valence-corrected chi connectivity index (χ4v) is 2.55. The van der Waals surface area contributed by atoms with Gasteiger partial charge in [0.15, 0.2) is 0 Å². The number of hydrogen-bond donors (Lipinski definition) is 1. The van der Waals surface area contributed by atoms with Crippen molar-refractivity contribution in [3.05, 3.63) is 81.3 Å². The first-order valence-corrected chi connectivity index (χ1v) is 8.38. The predicted octanol–water partition coefficient (Wildman–Crippen LogP) is 3.64. The van der Waals surface area contributed by atoms with E-state index in [1.54, 1.807) is 12.1 Å². The number of nitro benzene ring substituents is 1. The summed E-state index contributed by atoms with van der Waals surface area (Å²) in [5.74, 6) is -0.746. The van der Waals surface area contributed by atoms with Crippen LogP contribution in [0.3, 0.4) is 0 Å². The molecule has 30 heavy (non-hydrogen) atoms. The molecule has 0 bridgehead atoms. The van der Waals surface area contributed by atoms with Gasteiger partial charge in [0.05, 0.1) is 41.0 Å². The van der Waals surface area contributed by atoms with E-state index in [0.29, 0.717) is 17.1 Å². The summed E-state index contributed by atoms with van der Waals surface area (Å²) in [5.41, 5.74) is 2.21. The summed E-state index contributed by atoms with van der Waals surface area (Å²) in [6, 6.07) is 12.4. The third-order valence-corrected chi connectivity index (χ3v) is 3.99. The van der Waals surface area contributed by atoms with Crippen molar-refractivity contribution in [2.75, 3.05) is 7.11 Å². The number of non-ortho nitro benzene ring substituents is 1. The Morgan fingerprint density at radius 1 is 1.30 bits per heavy atom. The van der Waals surface area contributed by atoms with E-state index in [9.17, 15) is 19.3 Å². The molecule has 0 unspecified atom stereocenters. The molecular formula is C20H13FN4O5. The molecule has 2 aromatic carbocycles. The minimum absolute atomic E-state index is 0.0900. The number of nitrogens with zero attached hydrogens (tertiary/aromatic N) is 3. The first-order chi connectivity index (χ1) is 14.4.